The lowest BCUT2D eigenvalue weighted by atomic mass is 10.0. The molecule has 0 saturated carbocycles. The van der Waals surface area contributed by atoms with Crippen LogP contribution < -0.4 is 0 Å². The molecule has 1 aliphatic heterocycles. The van der Waals surface area contributed by atoms with E-state index in [0.717, 1.165) is 43.9 Å². The number of carboxylic acid groups (broad SMARTS) is 1. The molecule has 0 aromatic heterocycles. The van der Waals surface area contributed by atoms with Gasteiger partial charge in [-0.15, -0.1) is 0 Å². The second-order valence-electron chi connectivity index (χ2n) is 6.16. The zero-order valence-corrected chi connectivity index (χ0v) is 13.4. The first kappa shape index (κ1) is 15.7. The van der Waals surface area contributed by atoms with Crippen LogP contribution in [0.15, 0.2) is 48.5 Å². The number of likely N-dealkylation sites (N-methyl/N-ethyl adjacent to an activating group) is 1. The molecule has 4 heteroatoms. The van der Waals surface area contributed by atoms with Gasteiger partial charge in [0.1, 0.15) is 0 Å². The lowest BCUT2D eigenvalue weighted by Crippen LogP contribution is -2.43. The van der Waals surface area contributed by atoms with Crippen LogP contribution in [0.1, 0.15) is 15.9 Å². The Kier molecular flexibility index (Phi) is 4.74. The maximum Gasteiger partial charge on any atom is 0.335 e. The predicted molar refractivity (Wildman–Crippen MR) is 91.6 cm³/mol. The number of rotatable bonds is 4. The van der Waals surface area contributed by atoms with Crippen LogP contribution in [-0.2, 0) is 6.54 Å². The Morgan fingerprint density at radius 2 is 1.70 bits per heavy atom. The maximum atomic E-state index is 11.1. The molecule has 0 amide bonds. The van der Waals surface area contributed by atoms with Gasteiger partial charge in [0.15, 0.2) is 0 Å². The highest BCUT2D eigenvalue weighted by atomic mass is 16.4. The highest BCUT2D eigenvalue weighted by molar-refractivity contribution is 5.89. The Hall–Kier alpha value is -2.17. The van der Waals surface area contributed by atoms with E-state index < -0.39 is 5.97 Å². The average molecular weight is 310 g/mol. The number of nitrogens with zero attached hydrogens (tertiary/aromatic N) is 2. The molecule has 120 valence electrons. The van der Waals surface area contributed by atoms with Crippen LogP contribution in [0.4, 0.5) is 0 Å². The van der Waals surface area contributed by atoms with Gasteiger partial charge in [-0.3, -0.25) is 4.90 Å². The fraction of sp³-hybridized carbons (Fsp3) is 0.316. The van der Waals surface area contributed by atoms with E-state index in [9.17, 15) is 4.79 Å². The molecular weight excluding hydrogens is 288 g/mol. The number of carbonyl (C=O) groups is 1. The van der Waals surface area contributed by atoms with Crippen LogP contribution in [0.5, 0.6) is 0 Å². The Morgan fingerprint density at radius 3 is 2.35 bits per heavy atom. The molecule has 2 aromatic carbocycles. The molecule has 0 radical (unpaired) electrons. The molecule has 0 spiro atoms. The van der Waals surface area contributed by atoms with E-state index in [1.165, 1.54) is 5.56 Å². The molecule has 0 unspecified atom stereocenters. The van der Waals surface area contributed by atoms with Gasteiger partial charge < -0.3 is 10.0 Å². The van der Waals surface area contributed by atoms with Gasteiger partial charge in [0, 0.05) is 32.7 Å². The minimum atomic E-state index is -0.890. The molecule has 1 saturated heterocycles. The van der Waals surface area contributed by atoms with E-state index in [1.807, 2.05) is 6.07 Å². The summed E-state index contributed by atoms with van der Waals surface area (Å²) in [4.78, 5) is 15.9. The normalized spacial score (nSPS) is 16.4. The predicted octanol–water partition coefficient (Wildman–Crippen LogP) is 2.80. The summed E-state index contributed by atoms with van der Waals surface area (Å²) >= 11 is 0. The van der Waals surface area contributed by atoms with E-state index in [1.54, 1.807) is 18.2 Å². The Balaban J connectivity index is 1.69. The lowest BCUT2D eigenvalue weighted by Gasteiger charge is -2.32. The highest BCUT2D eigenvalue weighted by Gasteiger charge is 2.13. The number of hydrogen-bond acceptors (Lipinski definition) is 3. The van der Waals surface area contributed by atoms with Crippen molar-refractivity contribution in [3.63, 3.8) is 0 Å². The minimum Gasteiger partial charge on any atom is -0.478 e. The van der Waals surface area contributed by atoms with E-state index in [-0.39, 0.29) is 0 Å². The van der Waals surface area contributed by atoms with Gasteiger partial charge in [-0.05, 0) is 35.9 Å². The number of carboxylic acids is 1. The molecular formula is C19H22N2O2. The van der Waals surface area contributed by atoms with Gasteiger partial charge in [-0.2, -0.15) is 0 Å². The first-order chi connectivity index (χ1) is 11.1. The largest absolute Gasteiger partial charge is 0.478 e. The van der Waals surface area contributed by atoms with Crippen molar-refractivity contribution in [3.05, 3.63) is 59.7 Å². The summed E-state index contributed by atoms with van der Waals surface area (Å²) in [7, 11) is 2.16. The summed E-state index contributed by atoms with van der Waals surface area (Å²) in [6, 6.07) is 15.5. The van der Waals surface area contributed by atoms with Crippen LogP contribution >= 0.6 is 0 Å². The molecule has 1 heterocycles. The summed E-state index contributed by atoms with van der Waals surface area (Å²) in [5, 5.41) is 9.09. The van der Waals surface area contributed by atoms with Crippen molar-refractivity contribution in [2.24, 2.45) is 0 Å². The molecule has 1 fully saturated rings. The molecule has 23 heavy (non-hydrogen) atoms. The van der Waals surface area contributed by atoms with Crippen molar-refractivity contribution in [1.82, 2.24) is 9.80 Å². The first-order valence-corrected chi connectivity index (χ1v) is 7.95. The summed E-state index contributed by atoms with van der Waals surface area (Å²) < 4.78 is 0. The second kappa shape index (κ2) is 6.94. The summed E-state index contributed by atoms with van der Waals surface area (Å²) in [6.45, 7) is 5.45. The quantitative estimate of drug-likeness (QED) is 0.943. The van der Waals surface area contributed by atoms with Crippen molar-refractivity contribution in [1.29, 1.82) is 0 Å². The standard InChI is InChI=1S/C19H22N2O2/c1-20-9-11-21(12-10-20)14-15-5-7-16(8-6-15)17-3-2-4-18(13-17)19(22)23/h2-8,13H,9-12,14H2,1H3,(H,22,23). The van der Waals surface area contributed by atoms with Gasteiger partial charge in [0.05, 0.1) is 5.56 Å². The van der Waals surface area contributed by atoms with Crippen molar-refractivity contribution in [3.8, 4) is 11.1 Å². The van der Waals surface area contributed by atoms with E-state index in [4.69, 9.17) is 5.11 Å². The second-order valence-corrected chi connectivity index (χ2v) is 6.16. The zero-order chi connectivity index (χ0) is 16.2. The Morgan fingerprint density at radius 1 is 1.00 bits per heavy atom. The van der Waals surface area contributed by atoms with Crippen LogP contribution in [0, 0.1) is 0 Å². The lowest BCUT2D eigenvalue weighted by molar-refractivity contribution is 0.0697. The third kappa shape index (κ3) is 3.97. The summed E-state index contributed by atoms with van der Waals surface area (Å²) in [5.74, 6) is -0.890. The van der Waals surface area contributed by atoms with Gasteiger partial charge in [-0.1, -0.05) is 36.4 Å². The smallest absolute Gasteiger partial charge is 0.335 e. The topological polar surface area (TPSA) is 43.8 Å². The number of aromatic carboxylic acids is 1. The third-order valence-corrected chi connectivity index (χ3v) is 4.40. The molecule has 3 rings (SSSR count). The molecule has 4 nitrogen and oxygen atoms in total. The molecule has 0 aliphatic carbocycles. The van der Waals surface area contributed by atoms with E-state index in [2.05, 4.69) is 41.1 Å². The maximum absolute atomic E-state index is 11.1. The molecule has 0 bridgehead atoms. The zero-order valence-electron chi connectivity index (χ0n) is 13.4. The SMILES string of the molecule is CN1CCN(Cc2ccc(-c3cccc(C(=O)O)c3)cc2)CC1. The fourth-order valence-corrected chi connectivity index (χ4v) is 2.90. The third-order valence-electron chi connectivity index (χ3n) is 4.40. The van der Waals surface area contributed by atoms with Crippen LogP contribution in [0.3, 0.4) is 0 Å². The van der Waals surface area contributed by atoms with Crippen LogP contribution in [0.25, 0.3) is 11.1 Å². The van der Waals surface area contributed by atoms with Crippen molar-refractivity contribution in [2.45, 2.75) is 6.54 Å². The van der Waals surface area contributed by atoms with Gasteiger partial charge in [-0.25, -0.2) is 4.79 Å². The van der Waals surface area contributed by atoms with Crippen LogP contribution in [0.2, 0.25) is 0 Å². The van der Waals surface area contributed by atoms with Crippen molar-refractivity contribution >= 4 is 5.97 Å². The molecule has 1 N–H and O–H groups in total. The van der Waals surface area contributed by atoms with E-state index in [0.29, 0.717) is 5.56 Å². The summed E-state index contributed by atoms with van der Waals surface area (Å²) in [6.07, 6.45) is 0. The molecule has 1 aliphatic rings. The first-order valence-electron chi connectivity index (χ1n) is 7.95. The average Bonchev–Trinajstić information content (AvgIpc) is 2.58. The molecule has 2 aromatic rings. The number of hydrogen-bond donors (Lipinski definition) is 1. The van der Waals surface area contributed by atoms with Crippen LogP contribution in [-0.4, -0.2) is 54.1 Å². The number of piperazine rings is 1. The monoisotopic (exact) mass is 310 g/mol. The Labute approximate surface area is 137 Å². The van der Waals surface area contributed by atoms with Crippen molar-refractivity contribution in [2.75, 3.05) is 33.2 Å². The Bertz CT molecular complexity index is 674. The summed E-state index contributed by atoms with van der Waals surface area (Å²) in [5.41, 5.74) is 3.61. The highest BCUT2D eigenvalue weighted by Crippen LogP contribution is 2.21. The fourth-order valence-electron chi connectivity index (χ4n) is 2.90. The molecule has 0 atom stereocenters. The van der Waals surface area contributed by atoms with Gasteiger partial charge >= 0.3 is 5.97 Å². The van der Waals surface area contributed by atoms with Gasteiger partial charge in [0.2, 0.25) is 0 Å². The van der Waals surface area contributed by atoms with Gasteiger partial charge in [0.25, 0.3) is 0 Å². The minimum absolute atomic E-state index is 0.323. The van der Waals surface area contributed by atoms with E-state index >= 15 is 0 Å². The number of benzene rings is 2. The van der Waals surface area contributed by atoms with Crippen molar-refractivity contribution < 1.29 is 9.90 Å².